The maximum Gasteiger partial charge on any atom is 0.137 e. The van der Waals surface area contributed by atoms with Gasteiger partial charge in [-0.2, -0.15) is 0 Å². The molecular formula is C9H19NO. The summed E-state index contributed by atoms with van der Waals surface area (Å²) in [5.74, 6) is 0.995. The molecule has 1 unspecified atom stereocenters. The molecule has 0 N–H and O–H groups in total. The Morgan fingerprint density at radius 3 is 1.73 bits per heavy atom. The monoisotopic (exact) mass is 157 g/mol. The third-order valence-electron chi connectivity index (χ3n) is 2.33. The molecule has 0 aromatic carbocycles. The zero-order valence-corrected chi connectivity index (χ0v) is 8.16. The molecule has 0 saturated carbocycles. The van der Waals surface area contributed by atoms with Crippen molar-refractivity contribution in [2.45, 2.75) is 26.8 Å². The van der Waals surface area contributed by atoms with E-state index in [1.807, 2.05) is 19.0 Å². The second-order valence-corrected chi connectivity index (χ2v) is 3.69. The van der Waals surface area contributed by atoms with Crippen LogP contribution < -0.4 is 0 Å². The van der Waals surface area contributed by atoms with Gasteiger partial charge in [0.05, 0.1) is 6.04 Å². The fourth-order valence-electron chi connectivity index (χ4n) is 1.11. The highest BCUT2D eigenvalue weighted by Crippen LogP contribution is 2.15. The molecule has 0 aliphatic rings. The first-order valence-corrected chi connectivity index (χ1v) is 4.12. The van der Waals surface area contributed by atoms with Crippen LogP contribution in [0.15, 0.2) is 0 Å². The summed E-state index contributed by atoms with van der Waals surface area (Å²) in [7, 11) is 3.88. The summed E-state index contributed by atoms with van der Waals surface area (Å²) in [5, 5.41) is 0. The molecule has 2 heteroatoms. The lowest BCUT2D eigenvalue weighted by atomic mass is 9.90. The third-order valence-corrected chi connectivity index (χ3v) is 2.33. The van der Waals surface area contributed by atoms with Gasteiger partial charge in [-0.05, 0) is 25.9 Å². The van der Waals surface area contributed by atoms with Crippen molar-refractivity contribution >= 4 is 6.29 Å². The van der Waals surface area contributed by atoms with Crippen LogP contribution in [-0.4, -0.2) is 31.3 Å². The molecule has 2 nitrogen and oxygen atoms in total. The Bertz CT molecular complexity index is 121. The van der Waals surface area contributed by atoms with E-state index in [1.165, 1.54) is 0 Å². The second-order valence-electron chi connectivity index (χ2n) is 3.69. The minimum atomic E-state index is 0.0648. The van der Waals surface area contributed by atoms with Crippen molar-refractivity contribution in [3.05, 3.63) is 0 Å². The minimum absolute atomic E-state index is 0.0648. The molecule has 0 radical (unpaired) electrons. The number of aldehydes is 1. The van der Waals surface area contributed by atoms with Gasteiger partial charge in [-0.3, -0.25) is 4.90 Å². The topological polar surface area (TPSA) is 20.3 Å². The first kappa shape index (κ1) is 10.6. The zero-order valence-electron chi connectivity index (χ0n) is 8.16. The van der Waals surface area contributed by atoms with Crippen LogP contribution in [0.5, 0.6) is 0 Å². The summed E-state index contributed by atoms with van der Waals surface area (Å²) in [4.78, 5) is 12.6. The predicted octanol–water partition coefficient (Wildman–Crippen LogP) is 1.41. The van der Waals surface area contributed by atoms with Gasteiger partial charge in [-0.15, -0.1) is 0 Å². The molecule has 0 aliphatic carbocycles. The fraction of sp³-hybridized carbons (Fsp3) is 0.889. The predicted molar refractivity (Wildman–Crippen MR) is 47.5 cm³/mol. The van der Waals surface area contributed by atoms with E-state index < -0.39 is 0 Å². The molecule has 0 heterocycles. The molecule has 2 atom stereocenters. The Labute approximate surface area is 69.6 Å². The summed E-state index contributed by atoms with van der Waals surface area (Å²) < 4.78 is 0. The maximum atomic E-state index is 10.7. The van der Waals surface area contributed by atoms with Crippen molar-refractivity contribution < 1.29 is 4.79 Å². The van der Waals surface area contributed by atoms with E-state index in [2.05, 4.69) is 20.8 Å². The molecule has 0 aromatic heterocycles. The molecule has 0 bridgehead atoms. The summed E-state index contributed by atoms with van der Waals surface area (Å²) >= 11 is 0. The van der Waals surface area contributed by atoms with E-state index in [4.69, 9.17) is 0 Å². The maximum absolute atomic E-state index is 10.7. The van der Waals surface area contributed by atoms with Crippen LogP contribution in [0.25, 0.3) is 0 Å². The van der Waals surface area contributed by atoms with Crippen molar-refractivity contribution in [3.8, 4) is 0 Å². The van der Waals surface area contributed by atoms with E-state index in [9.17, 15) is 4.79 Å². The van der Waals surface area contributed by atoms with Crippen LogP contribution in [0, 0.1) is 11.8 Å². The number of carbonyl (C=O) groups excluding carboxylic acids is 1. The summed E-state index contributed by atoms with van der Waals surface area (Å²) in [5.41, 5.74) is 0. The van der Waals surface area contributed by atoms with Crippen LogP contribution in [0.2, 0.25) is 0 Å². The van der Waals surface area contributed by atoms with Gasteiger partial charge in [-0.1, -0.05) is 20.8 Å². The highest BCUT2D eigenvalue weighted by molar-refractivity contribution is 5.58. The van der Waals surface area contributed by atoms with E-state index >= 15 is 0 Å². The fourth-order valence-corrected chi connectivity index (χ4v) is 1.11. The highest BCUT2D eigenvalue weighted by Gasteiger charge is 2.20. The SMILES string of the molecule is CC(C)[C@@H](C)C(C=O)N(C)C. The van der Waals surface area contributed by atoms with Crippen LogP contribution >= 0.6 is 0 Å². The summed E-state index contributed by atoms with van der Waals surface area (Å²) in [6, 6.07) is 0.0648. The minimum Gasteiger partial charge on any atom is -0.302 e. The second kappa shape index (κ2) is 4.50. The van der Waals surface area contributed by atoms with Gasteiger partial charge < -0.3 is 4.79 Å². The van der Waals surface area contributed by atoms with E-state index in [1.54, 1.807) is 0 Å². The van der Waals surface area contributed by atoms with E-state index in [-0.39, 0.29) is 6.04 Å². The largest absolute Gasteiger partial charge is 0.302 e. The third kappa shape index (κ3) is 3.02. The summed E-state index contributed by atoms with van der Waals surface area (Å²) in [6.45, 7) is 6.40. The molecular weight excluding hydrogens is 138 g/mol. The van der Waals surface area contributed by atoms with Crippen LogP contribution in [0.3, 0.4) is 0 Å². The number of likely N-dealkylation sites (N-methyl/N-ethyl adjacent to an activating group) is 1. The zero-order chi connectivity index (χ0) is 9.02. The van der Waals surface area contributed by atoms with Gasteiger partial charge in [0.25, 0.3) is 0 Å². The van der Waals surface area contributed by atoms with Crippen LogP contribution in [0.4, 0.5) is 0 Å². The molecule has 0 fully saturated rings. The molecule has 66 valence electrons. The Balaban J connectivity index is 4.13. The molecule has 0 aliphatic heterocycles. The Kier molecular flexibility index (Phi) is 4.34. The van der Waals surface area contributed by atoms with Crippen LogP contribution in [0.1, 0.15) is 20.8 Å². The van der Waals surface area contributed by atoms with Crippen molar-refractivity contribution in [1.82, 2.24) is 4.90 Å². The van der Waals surface area contributed by atoms with Gasteiger partial charge >= 0.3 is 0 Å². The number of hydrogen-bond donors (Lipinski definition) is 0. The number of rotatable bonds is 4. The van der Waals surface area contributed by atoms with Crippen LogP contribution in [-0.2, 0) is 4.79 Å². The Hall–Kier alpha value is -0.370. The quantitative estimate of drug-likeness (QED) is 0.575. The average Bonchev–Trinajstić information content (AvgIpc) is 1.88. The molecule has 0 rings (SSSR count). The lowest BCUT2D eigenvalue weighted by Gasteiger charge is -2.27. The molecule has 11 heavy (non-hydrogen) atoms. The number of hydrogen-bond acceptors (Lipinski definition) is 2. The first-order valence-electron chi connectivity index (χ1n) is 4.12. The number of carbonyl (C=O) groups is 1. The molecule has 0 aromatic rings. The van der Waals surface area contributed by atoms with E-state index in [0.717, 1.165) is 6.29 Å². The van der Waals surface area contributed by atoms with Crippen molar-refractivity contribution in [1.29, 1.82) is 0 Å². The van der Waals surface area contributed by atoms with Gasteiger partial charge in [0.2, 0.25) is 0 Å². The normalized spacial score (nSPS) is 17.0. The van der Waals surface area contributed by atoms with Gasteiger partial charge in [0, 0.05) is 0 Å². The standard InChI is InChI=1S/C9H19NO/c1-7(2)8(3)9(6-11)10(4)5/h6-9H,1-5H3/t8-,9?/m1/s1. The van der Waals surface area contributed by atoms with Gasteiger partial charge in [-0.25, -0.2) is 0 Å². The number of nitrogens with zero attached hydrogens (tertiary/aromatic N) is 1. The summed E-state index contributed by atoms with van der Waals surface area (Å²) in [6.07, 6.45) is 1.03. The highest BCUT2D eigenvalue weighted by atomic mass is 16.1. The van der Waals surface area contributed by atoms with Crippen molar-refractivity contribution in [2.75, 3.05) is 14.1 Å². The Morgan fingerprint density at radius 2 is 1.64 bits per heavy atom. The van der Waals surface area contributed by atoms with E-state index in [0.29, 0.717) is 11.8 Å². The molecule has 0 amide bonds. The van der Waals surface area contributed by atoms with Gasteiger partial charge in [0.1, 0.15) is 6.29 Å². The average molecular weight is 157 g/mol. The lowest BCUT2D eigenvalue weighted by molar-refractivity contribution is -0.113. The molecule has 0 spiro atoms. The Morgan fingerprint density at radius 1 is 1.18 bits per heavy atom. The first-order chi connectivity index (χ1) is 5.00. The van der Waals surface area contributed by atoms with Crippen molar-refractivity contribution in [3.63, 3.8) is 0 Å². The molecule has 0 saturated heterocycles. The van der Waals surface area contributed by atoms with Gasteiger partial charge in [0.15, 0.2) is 0 Å². The van der Waals surface area contributed by atoms with Crippen molar-refractivity contribution in [2.24, 2.45) is 11.8 Å². The smallest absolute Gasteiger partial charge is 0.137 e. The lowest BCUT2D eigenvalue weighted by Crippen LogP contribution is -2.37.